The molecule has 0 bridgehead atoms. The Morgan fingerprint density at radius 3 is 2.92 bits per heavy atom. The Morgan fingerprint density at radius 1 is 1.77 bits per heavy atom. The molecule has 0 radical (unpaired) electrons. The lowest BCUT2D eigenvalue weighted by atomic mass is 10.1. The molecule has 0 saturated heterocycles. The SMILES string of the molecule is CCC(C(=O)O)c1nccc(Cl)n1. The molecule has 0 aliphatic heterocycles. The lowest BCUT2D eigenvalue weighted by Gasteiger charge is -2.06. The molecule has 70 valence electrons. The zero-order chi connectivity index (χ0) is 9.84. The highest BCUT2D eigenvalue weighted by atomic mass is 35.5. The van der Waals surface area contributed by atoms with E-state index in [0.717, 1.165) is 0 Å². The molecule has 1 rings (SSSR count). The second kappa shape index (κ2) is 4.18. The summed E-state index contributed by atoms with van der Waals surface area (Å²) < 4.78 is 0. The predicted octanol–water partition coefficient (Wildman–Crippen LogP) is 1.71. The second-order valence-electron chi connectivity index (χ2n) is 2.54. The van der Waals surface area contributed by atoms with E-state index in [2.05, 4.69) is 9.97 Å². The molecule has 0 spiro atoms. The molecule has 0 amide bonds. The fourth-order valence-corrected chi connectivity index (χ4v) is 1.13. The van der Waals surface area contributed by atoms with Crippen LogP contribution in [-0.4, -0.2) is 21.0 Å². The van der Waals surface area contributed by atoms with Crippen LogP contribution in [0.4, 0.5) is 0 Å². The molecule has 0 aliphatic rings. The van der Waals surface area contributed by atoms with Gasteiger partial charge < -0.3 is 5.11 Å². The van der Waals surface area contributed by atoms with Gasteiger partial charge in [0.2, 0.25) is 0 Å². The Bertz CT molecular complexity index is 317. The highest BCUT2D eigenvalue weighted by Gasteiger charge is 2.20. The number of halogens is 1. The first-order valence-corrected chi connectivity index (χ1v) is 4.24. The fourth-order valence-electron chi connectivity index (χ4n) is 0.986. The number of hydrogen-bond acceptors (Lipinski definition) is 3. The first-order chi connectivity index (χ1) is 6.15. The maximum absolute atomic E-state index is 10.7. The summed E-state index contributed by atoms with van der Waals surface area (Å²) in [5.74, 6) is -1.33. The van der Waals surface area contributed by atoms with Gasteiger partial charge in [-0.3, -0.25) is 4.79 Å². The number of carboxylic acids is 1. The van der Waals surface area contributed by atoms with Crippen LogP contribution in [0.2, 0.25) is 5.15 Å². The van der Waals surface area contributed by atoms with Crippen LogP contribution in [0, 0.1) is 0 Å². The summed E-state index contributed by atoms with van der Waals surface area (Å²) in [7, 11) is 0. The summed E-state index contributed by atoms with van der Waals surface area (Å²) in [5, 5.41) is 9.06. The lowest BCUT2D eigenvalue weighted by Crippen LogP contribution is -2.13. The third-order valence-electron chi connectivity index (χ3n) is 1.66. The molecule has 0 fully saturated rings. The summed E-state index contributed by atoms with van der Waals surface area (Å²) in [6.45, 7) is 1.77. The molecule has 0 saturated carbocycles. The summed E-state index contributed by atoms with van der Waals surface area (Å²) in [6, 6.07) is 1.51. The summed E-state index contributed by atoms with van der Waals surface area (Å²) in [4.78, 5) is 18.4. The van der Waals surface area contributed by atoms with E-state index in [-0.39, 0.29) is 11.0 Å². The molecule has 5 heteroatoms. The lowest BCUT2D eigenvalue weighted by molar-refractivity contribution is -0.139. The number of nitrogens with zero attached hydrogens (tertiary/aromatic N) is 2. The van der Waals surface area contributed by atoms with Crippen LogP contribution in [0.5, 0.6) is 0 Å². The van der Waals surface area contributed by atoms with Gasteiger partial charge in [-0.05, 0) is 12.5 Å². The Hall–Kier alpha value is -1.16. The topological polar surface area (TPSA) is 63.1 Å². The van der Waals surface area contributed by atoms with Crippen molar-refractivity contribution in [2.45, 2.75) is 19.3 Å². The minimum atomic E-state index is -0.926. The Labute approximate surface area is 80.6 Å². The third-order valence-corrected chi connectivity index (χ3v) is 1.87. The van der Waals surface area contributed by atoms with E-state index in [4.69, 9.17) is 16.7 Å². The minimum Gasteiger partial charge on any atom is -0.481 e. The van der Waals surface area contributed by atoms with Gasteiger partial charge in [0.1, 0.15) is 16.9 Å². The van der Waals surface area contributed by atoms with Gasteiger partial charge in [0, 0.05) is 6.20 Å². The first kappa shape index (κ1) is 9.92. The molecule has 1 aromatic rings. The average molecular weight is 201 g/mol. The maximum Gasteiger partial charge on any atom is 0.314 e. The molecular weight excluding hydrogens is 192 g/mol. The zero-order valence-electron chi connectivity index (χ0n) is 7.07. The molecule has 1 atom stereocenters. The van der Waals surface area contributed by atoms with E-state index < -0.39 is 11.9 Å². The summed E-state index contributed by atoms with van der Waals surface area (Å²) in [6.07, 6.45) is 1.91. The maximum atomic E-state index is 10.7. The Balaban J connectivity index is 2.98. The van der Waals surface area contributed by atoms with Crippen molar-refractivity contribution in [3.63, 3.8) is 0 Å². The third kappa shape index (κ3) is 2.39. The van der Waals surface area contributed by atoms with Crippen molar-refractivity contribution in [3.05, 3.63) is 23.2 Å². The van der Waals surface area contributed by atoms with Crippen molar-refractivity contribution in [3.8, 4) is 0 Å². The van der Waals surface area contributed by atoms with Crippen LogP contribution in [0.25, 0.3) is 0 Å². The standard InChI is InChI=1S/C8H9ClN2O2/c1-2-5(8(12)13)7-10-4-3-6(9)11-7/h3-5H,2H2,1H3,(H,12,13). The van der Waals surface area contributed by atoms with E-state index >= 15 is 0 Å². The molecule has 1 heterocycles. The van der Waals surface area contributed by atoms with Gasteiger partial charge in [0.05, 0.1) is 0 Å². The second-order valence-corrected chi connectivity index (χ2v) is 2.92. The molecule has 1 aromatic heterocycles. The predicted molar refractivity (Wildman–Crippen MR) is 47.7 cm³/mol. The van der Waals surface area contributed by atoms with Gasteiger partial charge in [-0.15, -0.1) is 0 Å². The highest BCUT2D eigenvalue weighted by Crippen LogP contribution is 2.16. The zero-order valence-corrected chi connectivity index (χ0v) is 7.82. The van der Waals surface area contributed by atoms with E-state index in [1.807, 2.05) is 0 Å². The molecule has 4 nitrogen and oxygen atoms in total. The largest absolute Gasteiger partial charge is 0.481 e. The van der Waals surface area contributed by atoms with Crippen LogP contribution in [0.15, 0.2) is 12.3 Å². The Morgan fingerprint density at radius 2 is 2.46 bits per heavy atom. The van der Waals surface area contributed by atoms with Crippen molar-refractivity contribution in [2.75, 3.05) is 0 Å². The van der Waals surface area contributed by atoms with Crippen LogP contribution in [0.3, 0.4) is 0 Å². The first-order valence-electron chi connectivity index (χ1n) is 3.86. The van der Waals surface area contributed by atoms with Gasteiger partial charge in [-0.2, -0.15) is 0 Å². The van der Waals surface area contributed by atoms with Crippen LogP contribution < -0.4 is 0 Å². The smallest absolute Gasteiger partial charge is 0.314 e. The summed E-state index contributed by atoms with van der Waals surface area (Å²) >= 11 is 5.61. The van der Waals surface area contributed by atoms with E-state index in [9.17, 15) is 4.79 Å². The fraction of sp³-hybridized carbons (Fsp3) is 0.375. The van der Waals surface area contributed by atoms with E-state index in [1.54, 1.807) is 6.92 Å². The number of rotatable bonds is 3. The van der Waals surface area contributed by atoms with E-state index in [0.29, 0.717) is 6.42 Å². The van der Waals surface area contributed by atoms with Gasteiger partial charge in [-0.25, -0.2) is 9.97 Å². The molecule has 0 aromatic carbocycles. The number of hydrogen-bond donors (Lipinski definition) is 1. The van der Waals surface area contributed by atoms with Crippen LogP contribution in [-0.2, 0) is 4.79 Å². The van der Waals surface area contributed by atoms with Gasteiger partial charge in [0.15, 0.2) is 0 Å². The number of carbonyl (C=O) groups is 1. The molecule has 1 N–H and O–H groups in total. The molecule has 0 aliphatic carbocycles. The highest BCUT2D eigenvalue weighted by molar-refractivity contribution is 6.29. The van der Waals surface area contributed by atoms with Crippen molar-refractivity contribution in [1.82, 2.24) is 9.97 Å². The number of carboxylic acid groups (broad SMARTS) is 1. The molecule has 13 heavy (non-hydrogen) atoms. The van der Waals surface area contributed by atoms with Gasteiger partial charge in [-0.1, -0.05) is 18.5 Å². The number of aliphatic carboxylic acids is 1. The minimum absolute atomic E-state index is 0.266. The normalized spacial score (nSPS) is 12.5. The van der Waals surface area contributed by atoms with Crippen molar-refractivity contribution >= 4 is 17.6 Å². The molecular formula is C8H9ClN2O2. The quantitative estimate of drug-likeness (QED) is 0.755. The van der Waals surface area contributed by atoms with Crippen LogP contribution in [0.1, 0.15) is 25.1 Å². The van der Waals surface area contributed by atoms with Crippen molar-refractivity contribution in [2.24, 2.45) is 0 Å². The van der Waals surface area contributed by atoms with Crippen molar-refractivity contribution < 1.29 is 9.90 Å². The van der Waals surface area contributed by atoms with Gasteiger partial charge >= 0.3 is 5.97 Å². The monoisotopic (exact) mass is 200 g/mol. The van der Waals surface area contributed by atoms with Crippen molar-refractivity contribution in [1.29, 1.82) is 0 Å². The number of aromatic nitrogens is 2. The average Bonchev–Trinajstić information content (AvgIpc) is 2.04. The van der Waals surface area contributed by atoms with Gasteiger partial charge in [0.25, 0.3) is 0 Å². The molecule has 1 unspecified atom stereocenters. The van der Waals surface area contributed by atoms with Crippen LogP contribution >= 0.6 is 11.6 Å². The van der Waals surface area contributed by atoms with E-state index in [1.165, 1.54) is 12.3 Å². The summed E-state index contributed by atoms with van der Waals surface area (Å²) in [5.41, 5.74) is 0. The Kier molecular flexibility index (Phi) is 3.19.